The van der Waals surface area contributed by atoms with Crippen molar-refractivity contribution in [1.29, 1.82) is 0 Å². The zero-order valence-electron chi connectivity index (χ0n) is 10.9. The first-order valence-electron chi connectivity index (χ1n) is 6.12. The Morgan fingerprint density at radius 3 is 2.68 bits per heavy atom. The Bertz CT molecular complexity index is 970. The quantitative estimate of drug-likeness (QED) is 0.758. The molecule has 2 aromatic carbocycles. The van der Waals surface area contributed by atoms with Gasteiger partial charge in [0, 0.05) is 22.1 Å². The first kappa shape index (κ1) is 14.8. The van der Waals surface area contributed by atoms with Gasteiger partial charge in [-0.1, -0.05) is 17.7 Å². The summed E-state index contributed by atoms with van der Waals surface area (Å²) < 4.78 is 53.6. The minimum Gasteiger partial charge on any atom is -0.360 e. The number of hydrogen-bond donors (Lipinski definition) is 2. The summed E-state index contributed by atoms with van der Waals surface area (Å²) in [7, 11) is -4.08. The largest absolute Gasteiger partial charge is 0.360 e. The molecule has 0 fully saturated rings. The van der Waals surface area contributed by atoms with Gasteiger partial charge in [0.1, 0.15) is 4.90 Å². The normalized spacial score (nSPS) is 11.8. The average Bonchev–Trinajstić information content (AvgIpc) is 2.87. The average molecular weight is 343 g/mol. The molecule has 0 bridgehead atoms. The van der Waals surface area contributed by atoms with E-state index in [9.17, 15) is 17.2 Å². The Morgan fingerprint density at radius 1 is 1.14 bits per heavy atom. The molecule has 8 heteroatoms. The smallest absolute Gasteiger partial charge is 0.264 e. The van der Waals surface area contributed by atoms with Crippen molar-refractivity contribution in [3.8, 4) is 0 Å². The maximum Gasteiger partial charge on any atom is 0.264 e. The fourth-order valence-electron chi connectivity index (χ4n) is 2.08. The molecule has 0 aliphatic rings. The Balaban J connectivity index is 2.07. The fraction of sp³-hybridized carbons (Fsp3) is 0. The van der Waals surface area contributed by atoms with Gasteiger partial charge < -0.3 is 4.98 Å². The van der Waals surface area contributed by atoms with Crippen LogP contribution >= 0.6 is 11.6 Å². The van der Waals surface area contributed by atoms with Gasteiger partial charge in [0.15, 0.2) is 11.6 Å². The molecular weight excluding hydrogens is 334 g/mol. The highest BCUT2D eigenvalue weighted by Crippen LogP contribution is 2.28. The number of sulfonamides is 1. The molecule has 22 heavy (non-hydrogen) atoms. The maximum atomic E-state index is 13.6. The van der Waals surface area contributed by atoms with E-state index >= 15 is 0 Å². The van der Waals surface area contributed by atoms with Crippen LogP contribution in [-0.2, 0) is 10.0 Å². The van der Waals surface area contributed by atoms with Gasteiger partial charge in [-0.05, 0) is 30.3 Å². The summed E-state index contributed by atoms with van der Waals surface area (Å²) >= 11 is 5.83. The number of anilines is 1. The molecule has 0 saturated heterocycles. The minimum atomic E-state index is -4.08. The number of hydrogen-bond acceptors (Lipinski definition) is 2. The second-order valence-electron chi connectivity index (χ2n) is 4.55. The zero-order valence-corrected chi connectivity index (χ0v) is 12.5. The third-order valence-corrected chi connectivity index (χ3v) is 4.73. The van der Waals surface area contributed by atoms with Crippen LogP contribution in [0.2, 0.25) is 5.02 Å². The molecule has 2 N–H and O–H groups in total. The van der Waals surface area contributed by atoms with Gasteiger partial charge in [-0.2, -0.15) is 0 Å². The van der Waals surface area contributed by atoms with Crippen LogP contribution in [0.4, 0.5) is 14.5 Å². The lowest BCUT2D eigenvalue weighted by molar-refractivity contribution is 0.511. The Morgan fingerprint density at radius 2 is 1.91 bits per heavy atom. The highest BCUT2D eigenvalue weighted by atomic mass is 35.5. The Kier molecular flexibility index (Phi) is 3.54. The zero-order chi connectivity index (χ0) is 15.9. The SMILES string of the molecule is O=S(=O)(Nc1cccc(F)c1F)c1c[nH]c2cc(Cl)ccc12. The number of fused-ring (bicyclic) bond motifs is 1. The second-order valence-corrected chi connectivity index (χ2v) is 6.64. The Labute approximate surface area is 129 Å². The molecule has 3 aromatic rings. The highest BCUT2D eigenvalue weighted by molar-refractivity contribution is 7.93. The second kappa shape index (κ2) is 5.26. The number of aromatic nitrogens is 1. The molecule has 0 spiro atoms. The van der Waals surface area contributed by atoms with Crippen molar-refractivity contribution in [2.45, 2.75) is 4.90 Å². The maximum absolute atomic E-state index is 13.6. The van der Waals surface area contributed by atoms with Crippen LogP contribution in [0.1, 0.15) is 0 Å². The topological polar surface area (TPSA) is 62.0 Å². The minimum absolute atomic E-state index is 0.0807. The molecule has 1 aromatic heterocycles. The van der Waals surface area contributed by atoms with E-state index in [1.807, 2.05) is 4.72 Å². The van der Waals surface area contributed by atoms with E-state index in [0.29, 0.717) is 15.9 Å². The third-order valence-electron chi connectivity index (χ3n) is 3.09. The first-order valence-corrected chi connectivity index (χ1v) is 7.98. The van der Waals surface area contributed by atoms with Gasteiger partial charge in [-0.3, -0.25) is 4.72 Å². The van der Waals surface area contributed by atoms with Gasteiger partial charge in [-0.25, -0.2) is 17.2 Å². The van der Waals surface area contributed by atoms with Crippen molar-refractivity contribution in [3.63, 3.8) is 0 Å². The van der Waals surface area contributed by atoms with Crippen molar-refractivity contribution in [1.82, 2.24) is 4.98 Å². The Hall–Kier alpha value is -2.12. The molecule has 0 saturated carbocycles. The first-order chi connectivity index (χ1) is 10.4. The predicted octanol–water partition coefficient (Wildman–Crippen LogP) is 3.90. The van der Waals surface area contributed by atoms with Crippen LogP contribution in [0.3, 0.4) is 0 Å². The number of aromatic amines is 1. The van der Waals surface area contributed by atoms with E-state index < -0.39 is 27.3 Å². The molecule has 4 nitrogen and oxygen atoms in total. The summed E-state index contributed by atoms with van der Waals surface area (Å²) in [5, 5.41) is 0.844. The van der Waals surface area contributed by atoms with Gasteiger partial charge >= 0.3 is 0 Å². The molecule has 0 amide bonds. The molecule has 0 unspecified atom stereocenters. The highest BCUT2D eigenvalue weighted by Gasteiger charge is 2.21. The molecule has 0 radical (unpaired) electrons. The monoisotopic (exact) mass is 342 g/mol. The van der Waals surface area contributed by atoms with Crippen molar-refractivity contribution >= 4 is 38.2 Å². The van der Waals surface area contributed by atoms with Gasteiger partial charge in [-0.15, -0.1) is 0 Å². The molecule has 114 valence electrons. The third kappa shape index (κ3) is 2.53. The molecule has 1 heterocycles. The molecule has 0 aliphatic carbocycles. The van der Waals surface area contributed by atoms with Crippen LogP contribution in [0, 0.1) is 11.6 Å². The van der Waals surface area contributed by atoms with Crippen molar-refractivity contribution in [2.75, 3.05) is 4.72 Å². The summed E-state index contributed by atoms with van der Waals surface area (Å²) in [4.78, 5) is 2.69. The number of rotatable bonds is 3. The lowest BCUT2D eigenvalue weighted by Crippen LogP contribution is -2.14. The molecule has 0 atom stereocenters. The fourth-order valence-corrected chi connectivity index (χ4v) is 3.49. The van der Waals surface area contributed by atoms with E-state index in [1.54, 1.807) is 12.1 Å². The lowest BCUT2D eigenvalue weighted by atomic mass is 10.2. The summed E-state index contributed by atoms with van der Waals surface area (Å²) in [6, 6.07) is 7.90. The summed E-state index contributed by atoms with van der Waals surface area (Å²) in [6.45, 7) is 0. The van der Waals surface area contributed by atoms with Gasteiger partial charge in [0.05, 0.1) is 5.69 Å². The summed E-state index contributed by atoms with van der Waals surface area (Å²) in [5.74, 6) is -2.39. The van der Waals surface area contributed by atoms with Crippen LogP contribution in [0.15, 0.2) is 47.5 Å². The molecule has 0 aliphatic heterocycles. The van der Waals surface area contributed by atoms with Crippen LogP contribution < -0.4 is 4.72 Å². The van der Waals surface area contributed by atoms with E-state index in [0.717, 1.165) is 12.1 Å². The summed E-state index contributed by atoms with van der Waals surface area (Å²) in [6.07, 6.45) is 1.26. The van der Waals surface area contributed by atoms with Gasteiger partial charge in [0.2, 0.25) is 0 Å². The number of benzene rings is 2. The van der Waals surface area contributed by atoms with Crippen LogP contribution in [-0.4, -0.2) is 13.4 Å². The number of H-pyrrole nitrogens is 1. The summed E-state index contributed by atoms with van der Waals surface area (Å²) in [5.41, 5.74) is 0.0657. The van der Waals surface area contributed by atoms with Crippen molar-refractivity contribution in [2.24, 2.45) is 0 Å². The molecule has 3 rings (SSSR count). The lowest BCUT2D eigenvalue weighted by Gasteiger charge is -2.08. The van der Waals surface area contributed by atoms with Crippen LogP contribution in [0.5, 0.6) is 0 Å². The van der Waals surface area contributed by atoms with E-state index in [-0.39, 0.29) is 4.90 Å². The number of nitrogens with one attached hydrogen (secondary N) is 2. The van der Waals surface area contributed by atoms with Gasteiger partial charge in [0.25, 0.3) is 10.0 Å². The number of halogens is 3. The predicted molar refractivity (Wildman–Crippen MR) is 80.5 cm³/mol. The van der Waals surface area contributed by atoms with E-state index in [2.05, 4.69) is 4.98 Å². The van der Waals surface area contributed by atoms with E-state index in [1.165, 1.54) is 18.3 Å². The van der Waals surface area contributed by atoms with Crippen molar-refractivity contribution in [3.05, 3.63) is 59.3 Å². The van der Waals surface area contributed by atoms with Crippen LogP contribution in [0.25, 0.3) is 10.9 Å². The molecular formula is C14H9ClF2N2O2S. The van der Waals surface area contributed by atoms with Crippen molar-refractivity contribution < 1.29 is 17.2 Å². The standard InChI is InChI=1S/C14H9ClF2N2O2S/c15-8-4-5-9-12(6-8)18-7-13(9)22(20,21)19-11-3-1-2-10(16)14(11)17/h1-7,18-19H. The van der Waals surface area contributed by atoms with E-state index in [4.69, 9.17) is 11.6 Å².